The fourth-order valence-corrected chi connectivity index (χ4v) is 1.45. The third kappa shape index (κ3) is 3.93. The van der Waals surface area contributed by atoms with E-state index in [0.717, 1.165) is 0 Å². The van der Waals surface area contributed by atoms with Crippen LogP contribution in [0, 0.1) is 0 Å². The molecule has 1 atom stereocenters. The van der Waals surface area contributed by atoms with E-state index >= 15 is 0 Å². The van der Waals surface area contributed by atoms with Crippen LogP contribution in [0.25, 0.3) is 0 Å². The summed E-state index contributed by atoms with van der Waals surface area (Å²) in [6, 6.07) is 5.15. The molecule has 1 unspecified atom stereocenters. The fourth-order valence-electron chi connectivity index (χ4n) is 1.28. The Labute approximate surface area is 109 Å². The topological polar surface area (TPSA) is 47.6 Å². The summed E-state index contributed by atoms with van der Waals surface area (Å²) in [6.45, 7) is 1.92. The van der Waals surface area contributed by atoms with Gasteiger partial charge in [-0.3, -0.25) is 4.79 Å². The summed E-state index contributed by atoms with van der Waals surface area (Å²) >= 11 is 3.31. The van der Waals surface area contributed by atoms with Crippen molar-refractivity contribution >= 4 is 21.8 Å². The molecular formula is C12H16BrNO3. The van der Waals surface area contributed by atoms with Crippen LogP contribution in [-0.4, -0.2) is 31.5 Å². The summed E-state index contributed by atoms with van der Waals surface area (Å²) in [6.07, 6.45) is 0. The monoisotopic (exact) mass is 301 g/mol. The molecule has 94 valence electrons. The van der Waals surface area contributed by atoms with Gasteiger partial charge in [-0.15, -0.1) is 0 Å². The molecule has 0 aromatic heterocycles. The van der Waals surface area contributed by atoms with E-state index < -0.39 is 0 Å². The van der Waals surface area contributed by atoms with Crippen LogP contribution >= 0.6 is 15.9 Å². The molecule has 0 aliphatic carbocycles. The van der Waals surface area contributed by atoms with Crippen LogP contribution in [0.15, 0.2) is 18.2 Å². The highest BCUT2D eigenvalue weighted by atomic mass is 79.9. The Balaban J connectivity index is 2.92. The van der Waals surface area contributed by atoms with Crippen LogP contribution < -0.4 is 14.8 Å². The molecule has 0 aliphatic rings. The van der Waals surface area contributed by atoms with Crippen molar-refractivity contribution < 1.29 is 14.3 Å². The average Bonchev–Trinajstić information content (AvgIpc) is 2.37. The molecule has 1 aromatic rings. The summed E-state index contributed by atoms with van der Waals surface area (Å²) in [5, 5.41) is 3.56. The van der Waals surface area contributed by atoms with Gasteiger partial charge in [0.2, 0.25) is 0 Å². The zero-order valence-corrected chi connectivity index (χ0v) is 11.7. The standard InChI is InChI=1S/C12H16BrNO3/c1-8(7-13)14-12(15)9-4-10(16-2)6-11(5-9)17-3/h4-6,8H,7H2,1-3H3,(H,14,15). The number of benzene rings is 1. The lowest BCUT2D eigenvalue weighted by atomic mass is 10.1. The number of hydrogen-bond acceptors (Lipinski definition) is 3. The Hall–Kier alpha value is -1.23. The highest BCUT2D eigenvalue weighted by Gasteiger charge is 2.11. The third-order valence-electron chi connectivity index (χ3n) is 2.22. The number of halogens is 1. The first-order valence-electron chi connectivity index (χ1n) is 5.20. The van der Waals surface area contributed by atoms with Crippen molar-refractivity contribution in [3.63, 3.8) is 0 Å². The summed E-state index contributed by atoms with van der Waals surface area (Å²) in [4.78, 5) is 11.9. The van der Waals surface area contributed by atoms with Gasteiger partial charge in [0.25, 0.3) is 5.91 Å². The molecule has 0 saturated carbocycles. The highest BCUT2D eigenvalue weighted by molar-refractivity contribution is 9.09. The van der Waals surface area contributed by atoms with Gasteiger partial charge in [0.15, 0.2) is 0 Å². The van der Waals surface area contributed by atoms with Gasteiger partial charge >= 0.3 is 0 Å². The number of rotatable bonds is 5. The molecule has 17 heavy (non-hydrogen) atoms. The van der Waals surface area contributed by atoms with Gasteiger partial charge in [0.05, 0.1) is 14.2 Å². The van der Waals surface area contributed by atoms with Gasteiger partial charge in [0.1, 0.15) is 11.5 Å². The molecule has 1 amide bonds. The number of nitrogens with one attached hydrogen (secondary N) is 1. The second kappa shape index (κ2) is 6.49. The minimum Gasteiger partial charge on any atom is -0.497 e. The molecule has 1 N–H and O–H groups in total. The van der Waals surface area contributed by atoms with Gasteiger partial charge in [-0.2, -0.15) is 0 Å². The minimum atomic E-state index is -0.144. The normalized spacial score (nSPS) is 11.8. The zero-order valence-electron chi connectivity index (χ0n) is 10.1. The van der Waals surface area contributed by atoms with Crippen LogP contribution in [0.4, 0.5) is 0 Å². The Morgan fingerprint density at radius 1 is 1.29 bits per heavy atom. The van der Waals surface area contributed by atoms with E-state index in [2.05, 4.69) is 21.2 Å². The first-order valence-corrected chi connectivity index (χ1v) is 6.32. The lowest BCUT2D eigenvalue weighted by Gasteiger charge is -2.12. The van der Waals surface area contributed by atoms with Crippen LogP contribution in [0.2, 0.25) is 0 Å². The molecular weight excluding hydrogens is 286 g/mol. The molecule has 1 rings (SSSR count). The maximum absolute atomic E-state index is 11.9. The van der Waals surface area contributed by atoms with Crippen LogP contribution in [0.1, 0.15) is 17.3 Å². The second-order valence-electron chi connectivity index (χ2n) is 3.63. The smallest absolute Gasteiger partial charge is 0.251 e. The Bertz CT molecular complexity index is 373. The molecule has 0 fully saturated rings. The van der Waals surface area contributed by atoms with Gasteiger partial charge in [-0.1, -0.05) is 15.9 Å². The number of methoxy groups -OCH3 is 2. The predicted octanol–water partition coefficient (Wildman–Crippen LogP) is 2.22. The summed E-state index contributed by atoms with van der Waals surface area (Å²) in [5.74, 6) is 1.05. The molecule has 0 aliphatic heterocycles. The minimum absolute atomic E-state index is 0.0692. The molecule has 0 saturated heterocycles. The van der Waals surface area contributed by atoms with Crippen molar-refractivity contribution in [1.29, 1.82) is 0 Å². The van der Waals surface area contributed by atoms with Crippen LogP contribution in [0.3, 0.4) is 0 Å². The van der Waals surface area contributed by atoms with E-state index in [1.165, 1.54) is 0 Å². The van der Waals surface area contributed by atoms with E-state index in [4.69, 9.17) is 9.47 Å². The summed E-state index contributed by atoms with van der Waals surface area (Å²) < 4.78 is 10.2. The Kier molecular flexibility index (Phi) is 5.28. The van der Waals surface area contributed by atoms with E-state index in [1.807, 2.05) is 6.92 Å². The molecule has 4 nitrogen and oxygen atoms in total. The fraction of sp³-hybridized carbons (Fsp3) is 0.417. The molecule has 5 heteroatoms. The number of carbonyl (C=O) groups is 1. The second-order valence-corrected chi connectivity index (χ2v) is 4.28. The van der Waals surface area contributed by atoms with Gasteiger partial charge in [-0.25, -0.2) is 0 Å². The van der Waals surface area contributed by atoms with Crippen molar-refractivity contribution in [1.82, 2.24) is 5.32 Å². The van der Waals surface area contributed by atoms with Crippen molar-refractivity contribution in [3.05, 3.63) is 23.8 Å². The van der Waals surface area contributed by atoms with Crippen molar-refractivity contribution in [2.45, 2.75) is 13.0 Å². The van der Waals surface area contributed by atoms with Crippen LogP contribution in [-0.2, 0) is 0 Å². The largest absolute Gasteiger partial charge is 0.497 e. The van der Waals surface area contributed by atoms with Crippen molar-refractivity contribution in [2.24, 2.45) is 0 Å². The Morgan fingerprint density at radius 3 is 2.24 bits per heavy atom. The molecule has 0 bridgehead atoms. The lowest BCUT2D eigenvalue weighted by Crippen LogP contribution is -2.33. The van der Waals surface area contributed by atoms with E-state index in [9.17, 15) is 4.79 Å². The predicted molar refractivity (Wildman–Crippen MR) is 70.3 cm³/mol. The molecule has 0 spiro atoms. The Morgan fingerprint density at radius 2 is 1.82 bits per heavy atom. The summed E-state index contributed by atoms with van der Waals surface area (Å²) in [5.41, 5.74) is 0.522. The first-order chi connectivity index (χ1) is 8.10. The number of alkyl halides is 1. The van der Waals surface area contributed by atoms with Gasteiger partial charge < -0.3 is 14.8 Å². The van der Waals surface area contributed by atoms with Crippen LogP contribution in [0.5, 0.6) is 11.5 Å². The van der Waals surface area contributed by atoms with Crippen molar-refractivity contribution in [3.8, 4) is 11.5 Å². The van der Waals surface area contributed by atoms with Gasteiger partial charge in [-0.05, 0) is 19.1 Å². The third-order valence-corrected chi connectivity index (χ3v) is 3.19. The summed E-state index contributed by atoms with van der Waals surface area (Å²) in [7, 11) is 3.11. The number of carbonyl (C=O) groups excluding carboxylic acids is 1. The molecule has 0 heterocycles. The zero-order chi connectivity index (χ0) is 12.8. The first kappa shape index (κ1) is 13.8. The SMILES string of the molecule is COc1cc(OC)cc(C(=O)NC(C)CBr)c1. The number of hydrogen-bond donors (Lipinski definition) is 1. The molecule has 1 aromatic carbocycles. The average molecular weight is 302 g/mol. The maximum atomic E-state index is 11.9. The molecule has 0 radical (unpaired) electrons. The van der Waals surface area contributed by atoms with E-state index in [-0.39, 0.29) is 11.9 Å². The van der Waals surface area contributed by atoms with E-state index in [0.29, 0.717) is 22.4 Å². The van der Waals surface area contributed by atoms with E-state index in [1.54, 1.807) is 32.4 Å². The lowest BCUT2D eigenvalue weighted by molar-refractivity contribution is 0.0943. The quantitative estimate of drug-likeness (QED) is 0.848. The highest BCUT2D eigenvalue weighted by Crippen LogP contribution is 2.22. The maximum Gasteiger partial charge on any atom is 0.251 e. The van der Waals surface area contributed by atoms with Gasteiger partial charge in [0, 0.05) is 23.0 Å². The number of ether oxygens (including phenoxy) is 2. The number of amides is 1. The van der Waals surface area contributed by atoms with Crippen molar-refractivity contribution in [2.75, 3.05) is 19.5 Å².